The van der Waals surface area contributed by atoms with Gasteiger partial charge in [0.25, 0.3) is 11.8 Å². The third-order valence-electron chi connectivity index (χ3n) is 4.52. The fourth-order valence-electron chi connectivity index (χ4n) is 3.06. The van der Waals surface area contributed by atoms with Crippen LogP contribution in [0, 0.1) is 12.7 Å². The van der Waals surface area contributed by atoms with Crippen LogP contribution in [-0.2, 0) is 14.3 Å². The van der Waals surface area contributed by atoms with Crippen LogP contribution in [0.4, 0.5) is 10.1 Å². The molecule has 2 amide bonds. The summed E-state index contributed by atoms with van der Waals surface area (Å²) in [4.78, 5) is 27.3. The molecule has 0 radical (unpaired) electrons. The second kappa shape index (κ2) is 8.76. The molecule has 2 aromatic rings. The van der Waals surface area contributed by atoms with Gasteiger partial charge >= 0.3 is 0 Å². The number of halogens is 2. The van der Waals surface area contributed by atoms with Crippen molar-refractivity contribution < 1.29 is 18.7 Å². The highest BCUT2D eigenvalue weighted by molar-refractivity contribution is 6.36. The van der Waals surface area contributed by atoms with E-state index >= 15 is 0 Å². The molecule has 7 heteroatoms. The molecule has 1 N–H and O–H groups in total. The van der Waals surface area contributed by atoms with Crippen molar-refractivity contribution in [1.29, 1.82) is 0 Å². The average Bonchev–Trinajstić information content (AvgIpc) is 2.89. The largest absolute Gasteiger partial charge is 0.377 e. The summed E-state index contributed by atoms with van der Waals surface area (Å²) >= 11 is 6.01. The van der Waals surface area contributed by atoms with E-state index in [0.717, 1.165) is 10.5 Å². The quantitative estimate of drug-likeness (QED) is 0.679. The molecule has 0 bridgehead atoms. The molecule has 3 rings (SSSR count). The van der Waals surface area contributed by atoms with Gasteiger partial charge in [0.2, 0.25) is 0 Å². The summed E-state index contributed by atoms with van der Waals surface area (Å²) < 4.78 is 18.9. The fourth-order valence-corrected chi connectivity index (χ4v) is 3.29. The van der Waals surface area contributed by atoms with Crippen LogP contribution in [-0.4, -0.2) is 36.0 Å². The Morgan fingerprint density at radius 3 is 2.41 bits per heavy atom. The molecule has 0 fully saturated rings. The SMILES string of the molecule is Cc1cc(Cl)ccc1NC1=C(c2ccc(F)cc2)C(=O)N(CCOC(C)C)C1=O. The monoisotopic (exact) mass is 416 g/mol. The van der Waals surface area contributed by atoms with Crippen molar-refractivity contribution in [2.75, 3.05) is 18.5 Å². The van der Waals surface area contributed by atoms with E-state index in [9.17, 15) is 14.0 Å². The molecule has 0 aromatic heterocycles. The van der Waals surface area contributed by atoms with Crippen LogP contribution in [0.3, 0.4) is 0 Å². The van der Waals surface area contributed by atoms with Crippen LogP contribution in [0.15, 0.2) is 48.2 Å². The third kappa shape index (κ3) is 4.66. The molecule has 0 unspecified atom stereocenters. The Labute approximate surface area is 174 Å². The zero-order valence-electron chi connectivity index (χ0n) is 16.5. The number of nitrogens with one attached hydrogen (secondary N) is 1. The minimum absolute atomic E-state index is 0.0124. The first kappa shape index (κ1) is 21.0. The fraction of sp³-hybridized carbons (Fsp3) is 0.273. The molecule has 5 nitrogen and oxygen atoms in total. The smallest absolute Gasteiger partial charge is 0.278 e. The normalized spacial score (nSPS) is 14.3. The molecule has 1 aliphatic rings. The number of anilines is 1. The van der Waals surface area contributed by atoms with Gasteiger partial charge in [0, 0.05) is 10.7 Å². The predicted octanol–water partition coefficient (Wildman–Crippen LogP) is 4.40. The highest BCUT2D eigenvalue weighted by Gasteiger charge is 2.39. The number of aryl methyl sites for hydroxylation is 1. The number of imide groups is 1. The van der Waals surface area contributed by atoms with E-state index in [0.29, 0.717) is 16.3 Å². The van der Waals surface area contributed by atoms with Crippen LogP contribution in [0.2, 0.25) is 5.02 Å². The maximum atomic E-state index is 13.4. The Morgan fingerprint density at radius 2 is 1.79 bits per heavy atom. The van der Waals surface area contributed by atoms with Gasteiger partial charge in [-0.1, -0.05) is 23.7 Å². The molecule has 1 heterocycles. The van der Waals surface area contributed by atoms with E-state index in [-0.39, 0.29) is 30.5 Å². The van der Waals surface area contributed by atoms with Gasteiger partial charge in [-0.3, -0.25) is 14.5 Å². The lowest BCUT2D eigenvalue weighted by Gasteiger charge is -2.16. The van der Waals surface area contributed by atoms with Gasteiger partial charge < -0.3 is 10.1 Å². The maximum Gasteiger partial charge on any atom is 0.278 e. The number of hydrogen-bond acceptors (Lipinski definition) is 4. The Morgan fingerprint density at radius 1 is 1.10 bits per heavy atom. The Kier molecular flexibility index (Phi) is 6.35. The van der Waals surface area contributed by atoms with Gasteiger partial charge in [-0.15, -0.1) is 0 Å². The van der Waals surface area contributed by atoms with E-state index in [4.69, 9.17) is 16.3 Å². The molecule has 29 heavy (non-hydrogen) atoms. The van der Waals surface area contributed by atoms with E-state index in [1.54, 1.807) is 18.2 Å². The van der Waals surface area contributed by atoms with Crippen molar-refractivity contribution >= 4 is 34.7 Å². The number of carbonyl (C=O) groups is 2. The highest BCUT2D eigenvalue weighted by atomic mass is 35.5. The molecule has 0 saturated heterocycles. The summed E-state index contributed by atoms with van der Waals surface area (Å²) in [6.07, 6.45) is -0.0124. The van der Waals surface area contributed by atoms with Crippen LogP contribution < -0.4 is 5.32 Å². The number of nitrogens with zero attached hydrogens (tertiary/aromatic N) is 1. The molecule has 0 atom stereocenters. The second-order valence-electron chi connectivity index (χ2n) is 7.02. The van der Waals surface area contributed by atoms with E-state index in [2.05, 4.69) is 5.32 Å². The summed E-state index contributed by atoms with van der Waals surface area (Å²) in [5, 5.41) is 3.65. The van der Waals surface area contributed by atoms with E-state index < -0.39 is 17.6 Å². The minimum Gasteiger partial charge on any atom is -0.377 e. The van der Waals surface area contributed by atoms with E-state index in [1.165, 1.54) is 24.3 Å². The third-order valence-corrected chi connectivity index (χ3v) is 4.75. The van der Waals surface area contributed by atoms with Crippen molar-refractivity contribution in [2.45, 2.75) is 26.9 Å². The van der Waals surface area contributed by atoms with Gasteiger partial charge in [0.05, 0.1) is 24.8 Å². The molecule has 1 aliphatic heterocycles. The molecule has 152 valence electrons. The Balaban J connectivity index is 1.98. The first-order valence-electron chi connectivity index (χ1n) is 9.29. The number of benzene rings is 2. The molecular formula is C22H22ClFN2O3. The van der Waals surface area contributed by atoms with Gasteiger partial charge in [0.15, 0.2) is 0 Å². The molecule has 0 spiro atoms. The lowest BCUT2D eigenvalue weighted by atomic mass is 10.0. The molecule has 2 aromatic carbocycles. The lowest BCUT2D eigenvalue weighted by Crippen LogP contribution is -2.35. The summed E-state index contributed by atoms with van der Waals surface area (Å²) in [7, 11) is 0. The predicted molar refractivity (Wildman–Crippen MR) is 111 cm³/mol. The van der Waals surface area contributed by atoms with Crippen LogP contribution in [0.25, 0.3) is 5.57 Å². The Hall–Kier alpha value is -2.70. The summed E-state index contributed by atoms with van der Waals surface area (Å²) in [6, 6.07) is 10.7. The van der Waals surface area contributed by atoms with Gasteiger partial charge in [-0.2, -0.15) is 0 Å². The number of rotatable bonds is 7. The zero-order valence-corrected chi connectivity index (χ0v) is 17.2. The van der Waals surface area contributed by atoms with Crippen LogP contribution >= 0.6 is 11.6 Å². The first-order chi connectivity index (χ1) is 13.8. The molecule has 0 aliphatic carbocycles. The number of carbonyl (C=O) groups excluding carboxylic acids is 2. The van der Waals surface area contributed by atoms with Crippen LogP contribution in [0.5, 0.6) is 0 Å². The topological polar surface area (TPSA) is 58.6 Å². The summed E-state index contributed by atoms with van der Waals surface area (Å²) in [5.74, 6) is -1.31. The lowest BCUT2D eigenvalue weighted by molar-refractivity contribution is -0.137. The number of ether oxygens (including phenoxy) is 1. The minimum atomic E-state index is -0.448. The van der Waals surface area contributed by atoms with Gasteiger partial charge in [0.1, 0.15) is 11.5 Å². The van der Waals surface area contributed by atoms with Gasteiger partial charge in [-0.25, -0.2) is 4.39 Å². The first-order valence-corrected chi connectivity index (χ1v) is 9.67. The Bertz CT molecular complexity index is 971. The highest BCUT2D eigenvalue weighted by Crippen LogP contribution is 2.31. The summed E-state index contributed by atoms with van der Waals surface area (Å²) in [5.41, 5.74) is 2.30. The van der Waals surface area contributed by atoms with Crippen LogP contribution in [0.1, 0.15) is 25.0 Å². The maximum absolute atomic E-state index is 13.4. The molecular weight excluding hydrogens is 395 g/mol. The standard InChI is InChI=1S/C22H22ClFN2O3/c1-13(2)29-11-10-26-21(27)19(15-4-7-17(24)8-5-15)20(22(26)28)25-18-9-6-16(23)12-14(18)3/h4-9,12-13,25H,10-11H2,1-3H3. The van der Waals surface area contributed by atoms with Crippen molar-refractivity contribution in [2.24, 2.45) is 0 Å². The molecule has 0 saturated carbocycles. The van der Waals surface area contributed by atoms with Gasteiger partial charge in [-0.05, 0) is 62.2 Å². The zero-order chi connectivity index (χ0) is 21.1. The van der Waals surface area contributed by atoms with Crippen molar-refractivity contribution in [1.82, 2.24) is 4.90 Å². The second-order valence-corrected chi connectivity index (χ2v) is 7.46. The van der Waals surface area contributed by atoms with Crippen molar-refractivity contribution in [3.8, 4) is 0 Å². The van der Waals surface area contributed by atoms with Crippen molar-refractivity contribution in [3.05, 3.63) is 70.1 Å². The number of hydrogen-bond donors (Lipinski definition) is 1. The van der Waals surface area contributed by atoms with Crippen molar-refractivity contribution in [3.63, 3.8) is 0 Å². The summed E-state index contributed by atoms with van der Waals surface area (Å²) in [6.45, 7) is 5.98. The van der Waals surface area contributed by atoms with E-state index in [1.807, 2.05) is 20.8 Å². The average molecular weight is 417 g/mol. The number of amides is 2.